The molecule has 112 valence electrons. The highest BCUT2D eigenvalue weighted by atomic mass is 35.5. The summed E-state index contributed by atoms with van der Waals surface area (Å²) in [5, 5.41) is 4.66. The van der Waals surface area contributed by atoms with Crippen molar-refractivity contribution in [3.63, 3.8) is 0 Å². The lowest BCUT2D eigenvalue weighted by Crippen LogP contribution is -2.03. The fourth-order valence-electron chi connectivity index (χ4n) is 1.96. The Morgan fingerprint density at radius 3 is 2.86 bits per heavy atom. The van der Waals surface area contributed by atoms with E-state index in [0.717, 1.165) is 11.1 Å². The van der Waals surface area contributed by atoms with Crippen molar-refractivity contribution in [2.24, 2.45) is 0 Å². The molecule has 2 heterocycles. The topological polar surface area (TPSA) is 61.0 Å². The Kier molecular flexibility index (Phi) is 4.06. The molecule has 0 aliphatic carbocycles. The van der Waals surface area contributed by atoms with Gasteiger partial charge in [-0.15, -0.1) is 0 Å². The van der Waals surface area contributed by atoms with Crippen molar-refractivity contribution >= 4 is 11.6 Å². The molecule has 0 N–H and O–H groups in total. The quantitative estimate of drug-likeness (QED) is 0.721. The molecule has 1 unspecified atom stereocenters. The monoisotopic (exact) mass is 315 g/mol. The van der Waals surface area contributed by atoms with Gasteiger partial charge in [-0.2, -0.15) is 4.98 Å². The van der Waals surface area contributed by atoms with E-state index in [0.29, 0.717) is 22.5 Å². The molecule has 1 aromatic carbocycles. The summed E-state index contributed by atoms with van der Waals surface area (Å²) >= 11 is 6.00. The molecule has 3 rings (SSSR count). The fourth-order valence-corrected chi connectivity index (χ4v) is 2.08. The second-order valence-electron chi connectivity index (χ2n) is 4.87. The molecule has 1 atom stereocenters. The third kappa shape index (κ3) is 3.09. The zero-order chi connectivity index (χ0) is 15.5. The van der Waals surface area contributed by atoms with Crippen molar-refractivity contribution in [2.75, 3.05) is 0 Å². The minimum absolute atomic E-state index is 0.363. The molecule has 0 saturated heterocycles. The Morgan fingerprint density at radius 1 is 1.27 bits per heavy atom. The molecule has 3 aromatic rings. The maximum Gasteiger partial charge on any atom is 0.267 e. The lowest BCUT2D eigenvalue weighted by Gasteiger charge is -2.11. The van der Waals surface area contributed by atoms with Crippen LogP contribution >= 0.6 is 11.6 Å². The Balaban J connectivity index is 1.77. The summed E-state index contributed by atoms with van der Waals surface area (Å²) in [6.45, 7) is 3.78. The van der Waals surface area contributed by atoms with E-state index in [4.69, 9.17) is 20.9 Å². The lowest BCUT2D eigenvalue weighted by molar-refractivity contribution is 0.175. The maximum atomic E-state index is 6.00. The second kappa shape index (κ2) is 6.15. The van der Waals surface area contributed by atoms with Gasteiger partial charge in [0.2, 0.25) is 5.82 Å². The molecule has 0 aliphatic rings. The number of nitrogens with zero attached hydrogens (tertiary/aromatic N) is 3. The molecular weight excluding hydrogens is 302 g/mol. The van der Waals surface area contributed by atoms with Crippen molar-refractivity contribution in [3.8, 4) is 17.1 Å². The molecule has 0 spiro atoms. The van der Waals surface area contributed by atoms with E-state index in [2.05, 4.69) is 15.1 Å². The summed E-state index contributed by atoms with van der Waals surface area (Å²) in [7, 11) is 0. The number of aryl methyl sites for hydroxylation is 1. The van der Waals surface area contributed by atoms with Gasteiger partial charge in [0.25, 0.3) is 5.89 Å². The van der Waals surface area contributed by atoms with Crippen molar-refractivity contribution in [2.45, 2.75) is 20.0 Å². The molecule has 0 saturated carbocycles. The van der Waals surface area contributed by atoms with E-state index in [9.17, 15) is 0 Å². The van der Waals surface area contributed by atoms with Crippen LogP contribution in [0.4, 0.5) is 0 Å². The first-order valence-corrected chi connectivity index (χ1v) is 7.18. The third-order valence-corrected chi connectivity index (χ3v) is 3.58. The Hall–Kier alpha value is -2.40. The average molecular weight is 316 g/mol. The summed E-state index contributed by atoms with van der Waals surface area (Å²) in [6.07, 6.45) is 3.01. The number of rotatable bonds is 4. The van der Waals surface area contributed by atoms with E-state index in [-0.39, 0.29) is 6.10 Å². The summed E-state index contributed by atoms with van der Waals surface area (Å²) in [6, 6.07) is 9.17. The van der Waals surface area contributed by atoms with Gasteiger partial charge in [-0.3, -0.25) is 4.98 Å². The van der Waals surface area contributed by atoms with E-state index in [1.54, 1.807) is 18.5 Å². The van der Waals surface area contributed by atoms with Gasteiger partial charge < -0.3 is 9.26 Å². The largest absolute Gasteiger partial charge is 0.481 e. The van der Waals surface area contributed by atoms with Gasteiger partial charge in [0.15, 0.2) is 6.10 Å². The molecular formula is C16H14ClN3O2. The van der Waals surface area contributed by atoms with Crippen LogP contribution in [0, 0.1) is 6.92 Å². The fraction of sp³-hybridized carbons (Fsp3) is 0.188. The number of pyridine rings is 1. The van der Waals surface area contributed by atoms with E-state index < -0.39 is 0 Å². The van der Waals surface area contributed by atoms with Gasteiger partial charge in [-0.05, 0) is 49.7 Å². The first kappa shape index (κ1) is 14.5. The number of halogens is 1. The summed E-state index contributed by atoms with van der Waals surface area (Å²) < 4.78 is 11.1. The van der Waals surface area contributed by atoms with Crippen LogP contribution in [0.1, 0.15) is 24.5 Å². The molecule has 0 bridgehead atoms. The molecule has 22 heavy (non-hydrogen) atoms. The third-order valence-electron chi connectivity index (χ3n) is 3.15. The van der Waals surface area contributed by atoms with E-state index >= 15 is 0 Å². The zero-order valence-corrected chi connectivity index (χ0v) is 12.9. The first-order chi connectivity index (χ1) is 10.6. The van der Waals surface area contributed by atoms with Crippen molar-refractivity contribution in [1.82, 2.24) is 15.1 Å². The van der Waals surface area contributed by atoms with Gasteiger partial charge in [0, 0.05) is 23.0 Å². The smallest absolute Gasteiger partial charge is 0.267 e. The van der Waals surface area contributed by atoms with Crippen LogP contribution in [0.25, 0.3) is 11.4 Å². The molecule has 5 nitrogen and oxygen atoms in total. The van der Waals surface area contributed by atoms with Gasteiger partial charge in [-0.25, -0.2) is 0 Å². The highest BCUT2D eigenvalue weighted by Crippen LogP contribution is 2.26. The summed E-state index contributed by atoms with van der Waals surface area (Å²) in [5.41, 5.74) is 1.75. The minimum Gasteiger partial charge on any atom is -0.481 e. The van der Waals surface area contributed by atoms with Crippen molar-refractivity contribution < 1.29 is 9.26 Å². The summed E-state index contributed by atoms with van der Waals surface area (Å²) in [5.74, 6) is 1.60. The molecule has 6 heteroatoms. The highest BCUT2D eigenvalue weighted by molar-refractivity contribution is 6.31. The number of ether oxygens (including phenoxy) is 1. The van der Waals surface area contributed by atoms with Crippen LogP contribution in [-0.4, -0.2) is 15.1 Å². The SMILES string of the molecule is Cc1cc(OC(C)c2nc(-c3cccnc3)no2)ccc1Cl. The van der Waals surface area contributed by atoms with Crippen molar-refractivity contribution in [1.29, 1.82) is 0 Å². The van der Waals surface area contributed by atoms with Gasteiger partial charge in [-0.1, -0.05) is 16.8 Å². The van der Waals surface area contributed by atoms with Crippen LogP contribution in [0.15, 0.2) is 47.2 Å². The predicted molar refractivity (Wildman–Crippen MR) is 82.8 cm³/mol. The summed E-state index contributed by atoms with van der Waals surface area (Å²) in [4.78, 5) is 8.38. The number of benzene rings is 1. The molecule has 0 amide bonds. The van der Waals surface area contributed by atoms with E-state index in [1.165, 1.54) is 0 Å². The first-order valence-electron chi connectivity index (χ1n) is 6.80. The van der Waals surface area contributed by atoms with Crippen LogP contribution in [0.3, 0.4) is 0 Å². The lowest BCUT2D eigenvalue weighted by atomic mass is 10.2. The van der Waals surface area contributed by atoms with Crippen LogP contribution in [0.5, 0.6) is 5.75 Å². The molecule has 0 radical (unpaired) electrons. The maximum absolute atomic E-state index is 6.00. The van der Waals surface area contributed by atoms with Crippen LogP contribution in [-0.2, 0) is 0 Å². The van der Waals surface area contributed by atoms with Crippen LogP contribution in [0.2, 0.25) is 5.02 Å². The van der Waals surface area contributed by atoms with Crippen LogP contribution < -0.4 is 4.74 Å². The Bertz CT molecular complexity index is 774. The highest BCUT2D eigenvalue weighted by Gasteiger charge is 2.17. The number of hydrogen-bond donors (Lipinski definition) is 0. The normalized spacial score (nSPS) is 12.1. The van der Waals surface area contributed by atoms with Gasteiger partial charge in [0.1, 0.15) is 5.75 Å². The predicted octanol–water partition coefficient (Wildman–Crippen LogP) is 4.23. The zero-order valence-electron chi connectivity index (χ0n) is 12.2. The van der Waals surface area contributed by atoms with E-state index in [1.807, 2.05) is 38.1 Å². The molecule has 0 aliphatic heterocycles. The van der Waals surface area contributed by atoms with Crippen molar-refractivity contribution in [3.05, 3.63) is 59.2 Å². The van der Waals surface area contributed by atoms with Gasteiger partial charge >= 0.3 is 0 Å². The number of aromatic nitrogens is 3. The average Bonchev–Trinajstić information content (AvgIpc) is 3.02. The molecule has 2 aromatic heterocycles. The minimum atomic E-state index is -0.363. The molecule has 0 fully saturated rings. The second-order valence-corrected chi connectivity index (χ2v) is 5.28. The Morgan fingerprint density at radius 2 is 2.14 bits per heavy atom. The van der Waals surface area contributed by atoms with Gasteiger partial charge in [0.05, 0.1) is 0 Å². The number of hydrogen-bond acceptors (Lipinski definition) is 5. The Labute approximate surface area is 132 Å². The standard InChI is InChI=1S/C16H14ClN3O2/c1-10-8-13(5-6-14(10)17)21-11(2)16-19-15(20-22-16)12-4-3-7-18-9-12/h3-9,11H,1-2H3.